The second-order valence-corrected chi connectivity index (χ2v) is 12.2. The third-order valence-corrected chi connectivity index (χ3v) is 8.74. The number of pyridine rings is 1. The number of aryl methyl sites for hydroxylation is 1. The fraction of sp³-hybridized carbons (Fsp3) is 0.406. The first-order valence-corrected chi connectivity index (χ1v) is 15.9. The van der Waals surface area contributed by atoms with Crippen molar-refractivity contribution in [2.24, 2.45) is 0 Å². The van der Waals surface area contributed by atoms with E-state index >= 15 is 0 Å². The number of hydrogen-bond donors (Lipinski definition) is 2. The molecule has 3 aromatic heterocycles. The minimum atomic E-state index is -4.61. The summed E-state index contributed by atoms with van der Waals surface area (Å²) in [5, 5.41) is 12.7. The predicted octanol–water partition coefficient (Wildman–Crippen LogP) is 4.28. The van der Waals surface area contributed by atoms with Crippen LogP contribution in [0, 0.1) is 6.92 Å². The minimum Gasteiger partial charge on any atom is -0.504 e. The quantitative estimate of drug-likeness (QED) is 0.273. The summed E-state index contributed by atoms with van der Waals surface area (Å²) >= 11 is 6.11. The maximum absolute atomic E-state index is 14.3. The van der Waals surface area contributed by atoms with Crippen molar-refractivity contribution in [1.82, 2.24) is 29.4 Å². The van der Waals surface area contributed by atoms with Crippen molar-refractivity contribution in [1.29, 1.82) is 0 Å². The zero-order valence-corrected chi connectivity index (χ0v) is 28.2. The maximum atomic E-state index is 14.3. The maximum Gasteiger partial charge on any atom is 0.416 e. The van der Waals surface area contributed by atoms with Crippen LogP contribution in [0.2, 0.25) is 5.02 Å². The molecule has 0 bridgehead atoms. The first-order valence-electron chi connectivity index (χ1n) is 15.5. The standard InChI is InChI=1S/C32H35ClF3N9O4/c1-6-19-14-43(31(49)26-28(47)17(3)38-16-39-26)10-11-44(19)27-22(7-2)45(30-25(29(27)48)41-23(13-37-30)42(4)5)15-24(46)40-21-9-8-18(12-20(21)33)32(34,35)36/h8-9,12-13,16,19,47H,6-7,10-11,14-15H2,1-5H3,(H,40,46)/t19-/m0/s1. The Hall–Kier alpha value is -4.99. The van der Waals surface area contributed by atoms with Crippen molar-refractivity contribution in [3.05, 3.63) is 68.6 Å². The average molecular weight is 702 g/mol. The lowest BCUT2D eigenvalue weighted by Crippen LogP contribution is -2.56. The average Bonchev–Trinajstić information content (AvgIpc) is 3.06. The van der Waals surface area contributed by atoms with E-state index in [9.17, 15) is 32.7 Å². The highest BCUT2D eigenvalue weighted by molar-refractivity contribution is 6.33. The molecule has 13 nitrogen and oxygen atoms in total. The van der Waals surface area contributed by atoms with Crippen LogP contribution in [0.25, 0.3) is 11.2 Å². The Kier molecular flexibility index (Phi) is 9.99. The Morgan fingerprint density at radius 1 is 1.14 bits per heavy atom. The first-order chi connectivity index (χ1) is 23.2. The van der Waals surface area contributed by atoms with E-state index < -0.39 is 29.0 Å². The molecule has 1 aromatic carbocycles. The van der Waals surface area contributed by atoms with E-state index in [2.05, 4.69) is 25.3 Å². The van der Waals surface area contributed by atoms with E-state index in [1.165, 1.54) is 12.5 Å². The molecule has 0 unspecified atom stereocenters. The molecule has 2 amide bonds. The molecule has 1 fully saturated rings. The van der Waals surface area contributed by atoms with Gasteiger partial charge in [0.1, 0.15) is 24.4 Å². The summed E-state index contributed by atoms with van der Waals surface area (Å²) in [6.07, 6.45) is -1.08. The lowest BCUT2D eigenvalue weighted by molar-refractivity contribution is -0.137. The summed E-state index contributed by atoms with van der Waals surface area (Å²) in [7, 11) is 3.49. The normalized spacial score (nSPS) is 15.1. The number of hydrogen-bond acceptors (Lipinski definition) is 10. The molecule has 5 rings (SSSR count). The molecule has 0 aliphatic carbocycles. The van der Waals surface area contributed by atoms with Gasteiger partial charge in [-0.05, 0) is 38.0 Å². The predicted molar refractivity (Wildman–Crippen MR) is 178 cm³/mol. The van der Waals surface area contributed by atoms with Gasteiger partial charge in [-0.1, -0.05) is 25.4 Å². The molecule has 1 aliphatic heterocycles. The second-order valence-electron chi connectivity index (χ2n) is 11.8. The number of rotatable bonds is 8. The van der Waals surface area contributed by atoms with Crippen molar-refractivity contribution >= 4 is 51.8 Å². The molecule has 4 heterocycles. The lowest BCUT2D eigenvalue weighted by atomic mass is 10.0. The summed E-state index contributed by atoms with van der Waals surface area (Å²) in [6, 6.07) is 2.30. The first kappa shape index (κ1) is 35.3. The number of fused-ring (bicyclic) bond motifs is 1. The molecule has 260 valence electrons. The van der Waals surface area contributed by atoms with Gasteiger partial charge in [0.2, 0.25) is 11.3 Å². The number of anilines is 3. The highest BCUT2D eigenvalue weighted by Crippen LogP contribution is 2.34. The molecule has 2 N–H and O–H groups in total. The van der Waals surface area contributed by atoms with Crippen LogP contribution in [0.1, 0.15) is 47.7 Å². The Labute approximate surface area is 284 Å². The number of aromatic hydroxyl groups is 1. The van der Waals surface area contributed by atoms with Gasteiger partial charge in [-0.2, -0.15) is 13.2 Å². The molecule has 1 atom stereocenters. The van der Waals surface area contributed by atoms with Gasteiger partial charge in [-0.3, -0.25) is 14.4 Å². The van der Waals surface area contributed by atoms with E-state index in [0.29, 0.717) is 30.0 Å². The number of nitrogens with zero attached hydrogens (tertiary/aromatic N) is 8. The summed E-state index contributed by atoms with van der Waals surface area (Å²) in [5.41, 5.74) is -0.229. The number of alkyl halides is 3. The van der Waals surface area contributed by atoms with Gasteiger partial charge < -0.3 is 29.7 Å². The van der Waals surface area contributed by atoms with Gasteiger partial charge >= 0.3 is 6.18 Å². The number of carbonyl (C=O) groups excluding carboxylic acids is 2. The number of halogens is 4. The molecule has 0 spiro atoms. The van der Waals surface area contributed by atoms with Crippen molar-refractivity contribution in [2.75, 3.05) is 48.8 Å². The zero-order valence-electron chi connectivity index (χ0n) is 27.5. The summed E-state index contributed by atoms with van der Waals surface area (Å²) in [4.78, 5) is 63.4. The molecule has 17 heteroatoms. The number of nitrogens with one attached hydrogen (secondary N) is 1. The minimum absolute atomic E-state index is 0.0129. The van der Waals surface area contributed by atoms with Gasteiger partial charge in [0.25, 0.3) is 5.91 Å². The van der Waals surface area contributed by atoms with Crippen LogP contribution in [0.15, 0.2) is 35.5 Å². The largest absolute Gasteiger partial charge is 0.504 e. The van der Waals surface area contributed by atoms with Crippen molar-refractivity contribution in [3.63, 3.8) is 0 Å². The number of amides is 2. The topological polar surface area (TPSA) is 150 Å². The lowest BCUT2D eigenvalue weighted by Gasteiger charge is -2.43. The third-order valence-electron chi connectivity index (χ3n) is 8.43. The molecule has 0 saturated carbocycles. The third kappa shape index (κ3) is 6.95. The van der Waals surface area contributed by atoms with Crippen LogP contribution in [0.5, 0.6) is 5.75 Å². The molecular weight excluding hydrogens is 667 g/mol. The smallest absolute Gasteiger partial charge is 0.416 e. The van der Waals surface area contributed by atoms with Crippen LogP contribution in [0.3, 0.4) is 0 Å². The van der Waals surface area contributed by atoms with Gasteiger partial charge in [-0.15, -0.1) is 0 Å². The van der Waals surface area contributed by atoms with Gasteiger partial charge in [0, 0.05) is 45.5 Å². The molecule has 0 radical (unpaired) electrons. The molecule has 4 aromatic rings. The fourth-order valence-electron chi connectivity index (χ4n) is 5.85. The second kappa shape index (κ2) is 13.9. The highest BCUT2D eigenvalue weighted by atomic mass is 35.5. The summed E-state index contributed by atoms with van der Waals surface area (Å²) < 4.78 is 41.1. The highest BCUT2D eigenvalue weighted by Gasteiger charge is 2.35. The van der Waals surface area contributed by atoms with E-state index in [4.69, 9.17) is 11.6 Å². The fourth-order valence-corrected chi connectivity index (χ4v) is 6.07. The van der Waals surface area contributed by atoms with Crippen LogP contribution < -0.4 is 20.5 Å². The Bertz CT molecular complexity index is 1990. The van der Waals surface area contributed by atoms with Gasteiger partial charge in [0.05, 0.1) is 28.2 Å². The van der Waals surface area contributed by atoms with Crippen molar-refractivity contribution in [2.45, 2.75) is 52.4 Å². The Morgan fingerprint density at radius 2 is 1.88 bits per heavy atom. The van der Waals surface area contributed by atoms with Crippen LogP contribution in [-0.4, -0.2) is 86.1 Å². The van der Waals surface area contributed by atoms with Gasteiger partial charge in [-0.25, -0.2) is 19.9 Å². The van der Waals surface area contributed by atoms with Crippen LogP contribution in [0.4, 0.5) is 30.4 Å². The summed E-state index contributed by atoms with van der Waals surface area (Å²) in [6.45, 7) is 5.63. The number of aromatic nitrogens is 5. The van der Waals surface area contributed by atoms with Crippen LogP contribution >= 0.6 is 11.6 Å². The Balaban J connectivity index is 1.55. The SMILES string of the molecule is CCc1c(N2CCN(C(=O)c3ncnc(C)c3O)C[C@@H]2CC)c(=O)c2nc(N(C)C)cnc2n1CC(=O)Nc1ccc(C(F)(F)F)cc1Cl. The van der Waals surface area contributed by atoms with Crippen LogP contribution in [-0.2, 0) is 23.9 Å². The summed E-state index contributed by atoms with van der Waals surface area (Å²) in [5.74, 6) is -0.962. The van der Waals surface area contributed by atoms with E-state index in [-0.39, 0.29) is 71.2 Å². The van der Waals surface area contributed by atoms with E-state index in [1.807, 2.05) is 18.7 Å². The number of piperazine rings is 1. The number of benzene rings is 1. The Morgan fingerprint density at radius 3 is 2.51 bits per heavy atom. The van der Waals surface area contributed by atoms with Gasteiger partial charge in [0.15, 0.2) is 22.6 Å². The van der Waals surface area contributed by atoms with Crippen molar-refractivity contribution < 1.29 is 27.9 Å². The van der Waals surface area contributed by atoms with Crippen molar-refractivity contribution in [3.8, 4) is 5.75 Å². The molecule has 1 aliphatic rings. The number of carbonyl (C=O) groups is 2. The molecular formula is C32H35ClF3N9O4. The molecule has 1 saturated heterocycles. The monoisotopic (exact) mass is 701 g/mol. The zero-order chi connectivity index (χ0) is 35.8. The van der Waals surface area contributed by atoms with E-state index in [0.717, 1.165) is 18.2 Å². The van der Waals surface area contributed by atoms with E-state index in [1.54, 1.807) is 35.4 Å². The molecule has 49 heavy (non-hydrogen) atoms.